The second kappa shape index (κ2) is 11.2. The first kappa shape index (κ1) is 22.4. The summed E-state index contributed by atoms with van der Waals surface area (Å²) in [5.74, 6) is -1.97. The average molecular weight is 403 g/mol. The van der Waals surface area contributed by atoms with Crippen LogP contribution in [0.25, 0.3) is 0 Å². The SMILES string of the molecule is CC(C)[C@H](NC(=O)Cc1ccccc1)C(=O)OCC(=O)NC(=O)NC1CCCC1. The first-order valence-corrected chi connectivity index (χ1v) is 9.95. The maximum absolute atomic E-state index is 12.3. The Morgan fingerprint density at radius 1 is 1.03 bits per heavy atom. The van der Waals surface area contributed by atoms with E-state index >= 15 is 0 Å². The van der Waals surface area contributed by atoms with E-state index in [4.69, 9.17) is 4.74 Å². The van der Waals surface area contributed by atoms with Gasteiger partial charge in [-0.2, -0.15) is 0 Å². The quantitative estimate of drug-likeness (QED) is 0.572. The molecule has 3 N–H and O–H groups in total. The Kier molecular flexibility index (Phi) is 8.64. The normalized spacial score (nSPS) is 14.9. The number of amides is 4. The van der Waals surface area contributed by atoms with E-state index in [9.17, 15) is 19.2 Å². The van der Waals surface area contributed by atoms with Gasteiger partial charge in [-0.25, -0.2) is 9.59 Å². The Labute approximate surface area is 170 Å². The van der Waals surface area contributed by atoms with Crippen LogP contribution < -0.4 is 16.0 Å². The molecule has 0 bridgehead atoms. The molecule has 158 valence electrons. The molecule has 8 nitrogen and oxygen atoms in total. The maximum Gasteiger partial charge on any atom is 0.329 e. The Bertz CT molecular complexity index is 714. The van der Waals surface area contributed by atoms with Gasteiger partial charge < -0.3 is 15.4 Å². The molecule has 0 aromatic heterocycles. The van der Waals surface area contributed by atoms with E-state index in [1.165, 1.54) is 0 Å². The number of urea groups is 1. The van der Waals surface area contributed by atoms with E-state index in [2.05, 4.69) is 16.0 Å². The van der Waals surface area contributed by atoms with Crippen LogP contribution in [0.5, 0.6) is 0 Å². The highest BCUT2D eigenvalue weighted by atomic mass is 16.5. The minimum Gasteiger partial charge on any atom is -0.454 e. The van der Waals surface area contributed by atoms with Gasteiger partial charge in [0.1, 0.15) is 6.04 Å². The maximum atomic E-state index is 12.3. The molecule has 0 unspecified atom stereocenters. The first-order chi connectivity index (χ1) is 13.8. The summed E-state index contributed by atoms with van der Waals surface area (Å²) in [7, 11) is 0. The Balaban J connectivity index is 1.76. The molecule has 0 heterocycles. The third-order valence-electron chi connectivity index (χ3n) is 4.73. The van der Waals surface area contributed by atoms with Gasteiger partial charge in [-0.1, -0.05) is 57.0 Å². The molecular weight excluding hydrogens is 374 g/mol. The van der Waals surface area contributed by atoms with Crippen molar-refractivity contribution in [3.63, 3.8) is 0 Å². The number of hydrogen-bond acceptors (Lipinski definition) is 5. The van der Waals surface area contributed by atoms with E-state index in [-0.39, 0.29) is 24.3 Å². The lowest BCUT2D eigenvalue weighted by Gasteiger charge is -2.21. The van der Waals surface area contributed by atoms with E-state index < -0.39 is 30.6 Å². The number of rotatable bonds is 8. The lowest BCUT2D eigenvalue weighted by molar-refractivity contribution is -0.152. The monoisotopic (exact) mass is 403 g/mol. The van der Waals surface area contributed by atoms with Gasteiger partial charge in [-0.15, -0.1) is 0 Å². The minimum atomic E-state index is -0.883. The van der Waals surface area contributed by atoms with Crippen LogP contribution in [0.2, 0.25) is 0 Å². The van der Waals surface area contributed by atoms with Crippen molar-refractivity contribution in [2.45, 2.75) is 58.0 Å². The molecule has 1 aliphatic rings. The number of imide groups is 1. The fourth-order valence-electron chi connectivity index (χ4n) is 3.18. The molecule has 1 aliphatic carbocycles. The summed E-state index contributed by atoms with van der Waals surface area (Å²) in [5.41, 5.74) is 0.827. The van der Waals surface area contributed by atoms with Crippen molar-refractivity contribution in [1.29, 1.82) is 0 Å². The molecule has 1 atom stereocenters. The molecule has 29 heavy (non-hydrogen) atoms. The fraction of sp³-hybridized carbons (Fsp3) is 0.524. The molecule has 0 spiro atoms. The summed E-state index contributed by atoms with van der Waals surface area (Å²) >= 11 is 0. The third kappa shape index (κ3) is 7.93. The molecule has 1 aromatic rings. The van der Waals surface area contributed by atoms with Crippen molar-refractivity contribution in [2.24, 2.45) is 5.92 Å². The predicted octanol–water partition coefficient (Wildman–Crippen LogP) is 1.68. The molecule has 8 heteroatoms. The van der Waals surface area contributed by atoms with E-state index in [0.29, 0.717) is 0 Å². The van der Waals surface area contributed by atoms with Crippen LogP contribution in [-0.4, -0.2) is 42.5 Å². The first-order valence-electron chi connectivity index (χ1n) is 9.95. The number of esters is 1. The van der Waals surface area contributed by atoms with Gasteiger partial charge in [0.2, 0.25) is 5.91 Å². The fourth-order valence-corrected chi connectivity index (χ4v) is 3.18. The average Bonchev–Trinajstić information content (AvgIpc) is 3.17. The molecule has 0 saturated heterocycles. The minimum absolute atomic E-state index is 0.0792. The molecule has 1 aromatic carbocycles. The highest BCUT2D eigenvalue weighted by Gasteiger charge is 2.26. The van der Waals surface area contributed by atoms with Crippen molar-refractivity contribution in [2.75, 3.05) is 6.61 Å². The van der Waals surface area contributed by atoms with Gasteiger partial charge in [0, 0.05) is 6.04 Å². The van der Waals surface area contributed by atoms with Crippen molar-refractivity contribution >= 4 is 23.8 Å². The predicted molar refractivity (Wildman–Crippen MR) is 107 cm³/mol. The van der Waals surface area contributed by atoms with Crippen LogP contribution in [-0.2, 0) is 25.5 Å². The standard InChI is InChI=1S/C21H29N3O5/c1-14(2)19(23-17(25)12-15-8-4-3-5-9-15)20(27)29-13-18(26)24-21(28)22-16-10-6-7-11-16/h3-5,8-9,14,16,19H,6-7,10-13H2,1-2H3,(H,23,25)(H2,22,24,26,28)/t19-/m0/s1. The van der Waals surface area contributed by atoms with E-state index in [1.54, 1.807) is 13.8 Å². The van der Waals surface area contributed by atoms with Crippen molar-refractivity contribution < 1.29 is 23.9 Å². The molecule has 1 fully saturated rings. The van der Waals surface area contributed by atoms with E-state index in [0.717, 1.165) is 31.2 Å². The third-order valence-corrected chi connectivity index (χ3v) is 4.73. The lowest BCUT2D eigenvalue weighted by atomic mass is 10.0. The smallest absolute Gasteiger partial charge is 0.329 e. The second-order valence-corrected chi connectivity index (χ2v) is 7.56. The Morgan fingerprint density at radius 2 is 1.69 bits per heavy atom. The highest BCUT2D eigenvalue weighted by molar-refractivity contribution is 5.96. The van der Waals surface area contributed by atoms with Gasteiger partial charge in [-0.3, -0.25) is 14.9 Å². The van der Waals surface area contributed by atoms with Gasteiger partial charge in [-0.05, 0) is 24.3 Å². The van der Waals surface area contributed by atoms with Crippen LogP contribution in [0, 0.1) is 5.92 Å². The van der Waals surface area contributed by atoms with Crippen molar-refractivity contribution in [1.82, 2.24) is 16.0 Å². The molecule has 2 rings (SSSR count). The summed E-state index contributed by atoms with van der Waals surface area (Å²) in [6.07, 6.45) is 4.05. The largest absolute Gasteiger partial charge is 0.454 e. The number of nitrogens with one attached hydrogen (secondary N) is 3. The second-order valence-electron chi connectivity index (χ2n) is 7.56. The lowest BCUT2D eigenvalue weighted by Crippen LogP contribution is -2.48. The Hall–Kier alpha value is -2.90. The highest BCUT2D eigenvalue weighted by Crippen LogP contribution is 2.17. The number of carbonyl (C=O) groups excluding carboxylic acids is 4. The van der Waals surface area contributed by atoms with Crippen LogP contribution in [0.3, 0.4) is 0 Å². The summed E-state index contributed by atoms with van der Waals surface area (Å²) in [6.45, 7) is 2.95. The summed E-state index contributed by atoms with van der Waals surface area (Å²) in [5, 5.41) is 7.52. The summed E-state index contributed by atoms with van der Waals surface area (Å²) in [4.78, 5) is 48.2. The molecule has 4 amide bonds. The molecular formula is C21H29N3O5. The van der Waals surface area contributed by atoms with Crippen LogP contribution >= 0.6 is 0 Å². The topological polar surface area (TPSA) is 114 Å². The number of hydrogen-bond donors (Lipinski definition) is 3. The molecule has 0 radical (unpaired) electrons. The van der Waals surface area contributed by atoms with Crippen LogP contribution in [0.4, 0.5) is 4.79 Å². The molecule has 0 aliphatic heterocycles. The zero-order chi connectivity index (χ0) is 21.2. The zero-order valence-electron chi connectivity index (χ0n) is 16.9. The Morgan fingerprint density at radius 3 is 2.31 bits per heavy atom. The van der Waals surface area contributed by atoms with Crippen molar-refractivity contribution in [3.8, 4) is 0 Å². The van der Waals surface area contributed by atoms with Gasteiger partial charge >= 0.3 is 12.0 Å². The van der Waals surface area contributed by atoms with Gasteiger partial charge in [0.15, 0.2) is 6.61 Å². The number of carbonyl (C=O) groups is 4. The van der Waals surface area contributed by atoms with E-state index in [1.807, 2.05) is 30.3 Å². The van der Waals surface area contributed by atoms with Gasteiger partial charge in [0.25, 0.3) is 5.91 Å². The number of benzene rings is 1. The van der Waals surface area contributed by atoms with Crippen molar-refractivity contribution in [3.05, 3.63) is 35.9 Å². The van der Waals surface area contributed by atoms with Gasteiger partial charge in [0.05, 0.1) is 6.42 Å². The zero-order valence-corrected chi connectivity index (χ0v) is 16.9. The number of ether oxygens (including phenoxy) is 1. The summed E-state index contributed by atoms with van der Waals surface area (Å²) in [6, 6.07) is 7.77. The van der Waals surface area contributed by atoms with Crippen LogP contribution in [0.15, 0.2) is 30.3 Å². The molecule has 1 saturated carbocycles. The van der Waals surface area contributed by atoms with Crippen LogP contribution in [0.1, 0.15) is 45.1 Å². The summed E-state index contributed by atoms with van der Waals surface area (Å²) < 4.78 is 5.00.